The number of pyridine rings is 1. The first-order valence-electron chi connectivity index (χ1n) is 14.2. The zero-order valence-corrected chi connectivity index (χ0v) is 23.4. The van der Waals surface area contributed by atoms with Crippen LogP contribution >= 0.6 is 0 Å². The third-order valence-electron chi connectivity index (χ3n) is 8.06. The molecule has 0 aliphatic carbocycles. The number of imide groups is 2. The zero-order chi connectivity index (χ0) is 30.1. The second kappa shape index (κ2) is 11.6. The Hall–Kier alpha value is -5.10. The smallest absolute Gasteiger partial charge is 0.267 e. The molecule has 2 saturated heterocycles. The predicted octanol–water partition coefficient (Wildman–Crippen LogP) is 1.52. The van der Waals surface area contributed by atoms with Crippen LogP contribution < -0.4 is 21.3 Å². The number of carbonyl (C=O) groups excluding carboxylic acids is 5. The van der Waals surface area contributed by atoms with Gasteiger partial charge in [0.15, 0.2) is 0 Å². The van der Waals surface area contributed by atoms with E-state index in [-0.39, 0.29) is 29.7 Å². The van der Waals surface area contributed by atoms with Crippen LogP contribution in [0.2, 0.25) is 0 Å². The summed E-state index contributed by atoms with van der Waals surface area (Å²) in [5.41, 5.74) is 8.81. The molecule has 0 radical (unpaired) electrons. The van der Waals surface area contributed by atoms with Gasteiger partial charge in [0.05, 0.1) is 11.1 Å². The Balaban J connectivity index is 1.04. The van der Waals surface area contributed by atoms with Crippen molar-refractivity contribution in [3.63, 3.8) is 0 Å². The number of benzene rings is 2. The van der Waals surface area contributed by atoms with E-state index in [1.165, 1.54) is 5.56 Å². The van der Waals surface area contributed by atoms with Gasteiger partial charge in [0.2, 0.25) is 11.8 Å². The molecule has 12 heteroatoms. The molecule has 3 aliphatic rings. The number of hydrogen-bond donors (Lipinski definition) is 3. The lowest BCUT2D eigenvalue weighted by molar-refractivity contribution is -0.136. The quantitative estimate of drug-likeness (QED) is 0.335. The molecule has 3 aromatic rings. The first-order valence-corrected chi connectivity index (χ1v) is 14.2. The molecule has 220 valence electrons. The van der Waals surface area contributed by atoms with Crippen molar-refractivity contribution in [2.75, 3.05) is 36.4 Å². The summed E-state index contributed by atoms with van der Waals surface area (Å²) in [5, 5.41) is 5.50. The van der Waals surface area contributed by atoms with Gasteiger partial charge in [0.1, 0.15) is 17.6 Å². The maximum absolute atomic E-state index is 13.3. The van der Waals surface area contributed by atoms with Crippen LogP contribution in [0.4, 0.5) is 11.5 Å². The number of anilines is 2. The molecule has 1 unspecified atom stereocenters. The van der Waals surface area contributed by atoms with Crippen molar-refractivity contribution >= 4 is 41.0 Å². The van der Waals surface area contributed by atoms with Gasteiger partial charge in [0.25, 0.3) is 17.7 Å². The van der Waals surface area contributed by atoms with Gasteiger partial charge < -0.3 is 16.0 Å². The summed E-state index contributed by atoms with van der Waals surface area (Å²) in [6.07, 6.45) is 0.189. The molecule has 0 saturated carbocycles. The first kappa shape index (κ1) is 28.0. The minimum absolute atomic E-state index is 0.0749. The predicted molar refractivity (Wildman–Crippen MR) is 157 cm³/mol. The summed E-state index contributed by atoms with van der Waals surface area (Å²) < 4.78 is 0. The van der Waals surface area contributed by atoms with E-state index in [9.17, 15) is 24.0 Å². The van der Waals surface area contributed by atoms with E-state index >= 15 is 0 Å². The molecule has 4 N–H and O–H groups in total. The van der Waals surface area contributed by atoms with E-state index in [0.717, 1.165) is 49.0 Å². The summed E-state index contributed by atoms with van der Waals surface area (Å²) in [7, 11) is 0. The average Bonchev–Trinajstić information content (AvgIpc) is 3.27. The Bertz CT molecular complexity index is 1610. The summed E-state index contributed by atoms with van der Waals surface area (Å²) in [6, 6.07) is 17.5. The Morgan fingerprint density at radius 1 is 0.907 bits per heavy atom. The zero-order valence-electron chi connectivity index (χ0n) is 23.4. The highest BCUT2D eigenvalue weighted by atomic mass is 16.2. The largest absolute Gasteiger partial charge is 0.380 e. The van der Waals surface area contributed by atoms with Crippen molar-refractivity contribution < 1.29 is 24.0 Å². The van der Waals surface area contributed by atoms with Crippen molar-refractivity contribution in [2.24, 2.45) is 5.73 Å². The third-order valence-corrected chi connectivity index (χ3v) is 8.06. The molecule has 0 bridgehead atoms. The minimum Gasteiger partial charge on any atom is -0.380 e. The fourth-order valence-corrected chi connectivity index (χ4v) is 5.75. The van der Waals surface area contributed by atoms with Crippen molar-refractivity contribution in [3.05, 3.63) is 88.6 Å². The van der Waals surface area contributed by atoms with Crippen LogP contribution in [0.1, 0.15) is 55.2 Å². The fraction of sp³-hybridized carbons (Fsp3) is 0.290. The van der Waals surface area contributed by atoms with Gasteiger partial charge in [-0.25, -0.2) is 4.98 Å². The maximum Gasteiger partial charge on any atom is 0.267 e. The first-order chi connectivity index (χ1) is 20.8. The molecule has 43 heavy (non-hydrogen) atoms. The molecule has 3 aliphatic heterocycles. The van der Waals surface area contributed by atoms with Gasteiger partial charge in [-0.1, -0.05) is 36.4 Å². The highest BCUT2D eigenvalue weighted by molar-refractivity contribution is 6.25. The molecule has 12 nitrogen and oxygen atoms in total. The van der Waals surface area contributed by atoms with E-state index < -0.39 is 35.6 Å². The second-order valence-electron chi connectivity index (χ2n) is 10.9. The number of nitrogens with zero attached hydrogens (tertiary/aromatic N) is 4. The molecular formula is C31H31N7O5. The van der Waals surface area contributed by atoms with E-state index in [1.54, 1.807) is 30.3 Å². The minimum atomic E-state index is -1.00. The van der Waals surface area contributed by atoms with Crippen LogP contribution in [-0.4, -0.2) is 76.5 Å². The summed E-state index contributed by atoms with van der Waals surface area (Å²) >= 11 is 0. The third kappa shape index (κ3) is 5.69. The standard InChI is InChI=1S/C31H31N7O5/c32-28(40)23-5-2-6-25(34-23)37-15-13-36(14-16-37)18-20-9-7-19(8-10-20)17-33-22-4-1-3-21-27(22)31(43)38(30(21)42)24-11-12-26(39)35-29(24)41/h1-10,24,33H,11-18H2,(H2,32,40)(H,35,39,41). The van der Waals surface area contributed by atoms with Crippen LogP contribution in [-0.2, 0) is 22.7 Å². The molecule has 4 heterocycles. The molecule has 1 aromatic heterocycles. The SMILES string of the molecule is NC(=O)c1cccc(N2CCN(Cc3ccc(CNc4cccc5c4C(=O)N(C4CCC(=O)NC4=O)C5=O)cc3)CC2)n1. The molecule has 0 spiro atoms. The number of fused-ring (bicyclic) bond motifs is 1. The average molecular weight is 582 g/mol. The molecule has 1 atom stereocenters. The number of nitrogens with two attached hydrogens (primary N) is 1. The number of primary amides is 1. The van der Waals surface area contributed by atoms with Crippen molar-refractivity contribution in [3.8, 4) is 0 Å². The normalized spacial score (nSPS) is 18.9. The number of piperazine rings is 1. The molecular weight excluding hydrogens is 550 g/mol. The Labute approximate surface area is 247 Å². The van der Waals surface area contributed by atoms with Gasteiger partial charge in [0, 0.05) is 51.4 Å². The van der Waals surface area contributed by atoms with Crippen LogP contribution in [0.3, 0.4) is 0 Å². The monoisotopic (exact) mass is 581 g/mol. The molecule has 2 fully saturated rings. The lowest BCUT2D eigenvalue weighted by atomic mass is 10.0. The van der Waals surface area contributed by atoms with Crippen molar-refractivity contribution in [1.82, 2.24) is 20.1 Å². The van der Waals surface area contributed by atoms with Crippen molar-refractivity contribution in [2.45, 2.75) is 32.0 Å². The Morgan fingerprint density at radius 2 is 1.63 bits per heavy atom. The maximum atomic E-state index is 13.3. The number of nitrogens with one attached hydrogen (secondary N) is 2. The number of piperidine rings is 1. The highest BCUT2D eigenvalue weighted by Gasteiger charge is 2.45. The van der Waals surface area contributed by atoms with Gasteiger partial charge >= 0.3 is 0 Å². The van der Waals surface area contributed by atoms with E-state index in [1.807, 2.05) is 18.2 Å². The topological polar surface area (TPSA) is 158 Å². The van der Waals surface area contributed by atoms with Crippen LogP contribution in [0.15, 0.2) is 60.7 Å². The lowest BCUT2D eigenvalue weighted by Gasteiger charge is -2.35. The van der Waals surface area contributed by atoms with Crippen molar-refractivity contribution in [1.29, 1.82) is 0 Å². The summed E-state index contributed by atoms with van der Waals surface area (Å²) in [4.78, 5) is 71.6. The van der Waals surface area contributed by atoms with Gasteiger partial charge in [-0.3, -0.25) is 39.1 Å². The van der Waals surface area contributed by atoms with Crippen LogP contribution in [0.25, 0.3) is 0 Å². The van der Waals surface area contributed by atoms with E-state index in [2.05, 4.69) is 37.6 Å². The van der Waals surface area contributed by atoms with E-state index in [0.29, 0.717) is 12.2 Å². The second-order valence-corrected chi connectivity index (χ2v) is 10.9. The van der Waals surface area contributed by atoms with Gasteiger partial charge in [-0.2, -0.15) is 0 Å². The molecule has 2 aromatic carbocycles. The molecule has 5 amide bonds. The number of carbonyl (C=O) groups is 5. The highest BCUT2D eigenvalue weighted by Crippen LogP contribution is 2.32. The Morgan fingerprint density at radius 3 is 2.35 bits per heavy atom. The van der Waals surface area contributed by atoms with Crippen LogP contribution in [0.5, 0.6) is 0 Å². The Kier molecular flexibility index (Phi) is 7.59. The van der Waals surface area contributed by atoms with Crippen LogP contribution in [0, 0.1) is 0 Å². The number of aromatic nitrogens is 1. The lowest BCUT2D eigenvalue weighted by Crippen LogP contribution is -2.54. The number of rotatable bonds is 8. The summed E-state index contributed by atoms with van der Waals surface area (Å²) in [6.45, 7) is 4.53. The number of amides is 5. The van der Waals surface area contributed by atoms with Gasteiger partial charge in [-0.05, 0) is 41.8 Å². The molecule has 6 rings (SSSR count). The summed E-state index contributed by atoms with van der Waals surface area (Å²) in [5.74, 6) is -1.88. The van der Waals surface area contributed by atoms with Gasteiger partial charge in [-0.15, -0.1) is 0 Å². The number of hydrogen-bond acceptors (Lipinski definition) is 9. The fourth-order valence-electron chi connectivity index (χ4n) is 5.75. The van der Waals surface area contributed by atoms with E-state index in [4.69, 9.17) is 5.73 Å².